The van der Waals surface area contributed by atoms with Crippen LogP contribution in [0.3, 0.4) is 0 Å². The van der Waals surface area contributed by atoms with Crippen molar-refractivity contribution in [1.29, 1.82) is 0 Å². The maximum atomic E-state index is 12.9. The second-order valence-corrected chi connectivity index (χ2v) is 8.58. The molecule has 0 radical (unpaired) electrons. The molecule has 0 bridgehead atoms. The molecule has 1 fully saturated rings. The van der Waals surface area contributed by atoms with Crippen LogP contribution < -0.4 is 0 Å². The standard InChI is InChI=1S/C16H16N2O4S2/c1-12-5-7-13(8-6-12)16-17(9-10-23-16)24(21,22)15-4-2-3-14(11-15)18(19)20/h2-8,11,16H,9-10H2,1H3/t16-/m0/s1. The number of nitro benzene ring substituents is 1. The van der Waals surface area contributed by atoms with Gasteiger partial charge in [-0.3, -0.25) is 10.1 Å². The summed E-state index contributed by atoms with van der Waals surface area (Å²) < 4.78 is 27.3. The molecule has 1 atom stereocenters. The molecule has 1 aliphatic rings. The lowest BCUT2D eigenvalue weighted by molar-refractivity contribution is -0.385. The number of nitrogens with zero attached hydrogens (tertiary/aromatic N) is 2. The van der Waals surface area contributed by atoms with E-state index in [-0.39, 0.29) is 16.0 Å². The molecule has 0 aliphatic carbocycles. The predicted molar refractivity (Wildman–Crippen MR) is 93.4 cm³/mol. The first-order valence-corrected chi connectivity index (χ1v) is 9.83. The Hall–Kier alpha value is -1.90. The van der Waals surface area contributed by atoms with Gasteiger partial charge in [-0.1, -0.05) is 35.9 Å². The van der Waals surface area contributed by atoms with Gasteiger partial charge in [-0.2, -0.15) is 4.31 Å². The van der Waals surface area contributed by atoms with Crippen molar-refractivity contribution < 1.29 is 13.3 Å². The molecular weight excluding hydrogens is 348 g/mol. The van der Waals surface area contributed by atoms with E-state index in [1.807, 2.05) is 31.2 Å². The molecule has 0 saturated carbocycles. The SMILES string of the molecule is Cc1ccc([C@@H]2SCCN2S(=O)(=O)c2cccc([N+](=O)[O-])c2)cc1. The topological polar surface area (TPSA) is 80.5 Å². The zero-order chi connectivity index (χ0) is 17.3. The first-order valence-electron chi connectivity index (χ1n) is 7.34. The van der Waals surface area contributed by atoms with E-state index in [1.165, 1.54) is 22.5 Å². The van der Waals surface area contributed by atoms with Crippen molar-refractivity contribution in [2.24, 2.45) is 0 Å². The van der Waals surface area contributed by atoms with Gasteiger partial charge in [0.15, 0.2) is 0 Å². The van der Waals surface area contributed by atoms with E-state index in [4.69, 9.17) is 0 Å². The van der Waals surface area contributed by atoms with E-state index in [0.717, 1.165) is 17.2 Å². The third-order valence-corrected chi connectivity index (χ3v) is 7.10. The number of rotatable bonds is 4. The fraction of sp³-hybridized carbons (Fsp3) is 0.250. The molecule has 0 unspecified atom stereocenters. The molecule has 1 aliphatic heterocycles. The van der Waals surface area contributed by atoms with Crippen LogP contribution in [0.2, 0.25) is 0 Å². The minimum Gasteiger partial charge on any atom is -0.258 e. The number of hydrogen-bond donors (Lipinski definition) is 0. The maximum Gasteiger partial charge on any atom is 0.270 e. The second kappa shape index (κ2) is 6.54. The Kier molecular flexibility index (Phi) is 4.62. The molecule has 1 heterocycles. The summed E-state index contributed by atoms with van der Waals surface area (Å²) >= 11 is 1.55. The Morgan fingerprint density at radius 1 is 1.21 bits per heavy atom. The number of hydrogen-bond acceptors (Lipinski definition) is 5. The minimum atomic E-state index is -3.79. The number of aryl methyl sites for hydroxylation is 1. The number of non-ortho nitro benzene ring substituents is 1. The van der Waals surface area contributed by atoms with Gasteiger partial charge in [0.25, 0.3) is 5.69 Å². The van der Waals surface area contributed by atoms with Crippen molar-refractivity contribution in [3.8, 4) is 0 Å². The van der Waals surface area contributed by atoms with Crippen LogP contribution in [0.15, 0.2) is 53.4 Å². The summed E-state index contributed by atoms with van der Waals surface area (Å²) in [5.41, 5.74) is 1.79. The summed E-state index contributed by atoms with van der Waals surface area (Å²) in [5.74, 6) is 0.687. The van der Waals surface area contributed by atoms with Crippen molar-refractivity contribution in [3.05, 3.63) is 69.8 Å². The average Bonchev–Trinajstić information content (AvgIpc) is 3.06. The van der Waals surface area contributed by atoms with Crippen LogP contribution in [0.4, 0.5) is 5.69 Å². The predicted octanol–water partition coefficient (Wildman–Crippen LogP) is 3.34. The van der Waals surface area contributed by atoms with E-state index in [9.17, 15) is 18.5 Å². The summed E-state index contributed by atoms with van der Waals surface area (Å²) in [6.45, 7) is 2.36. The van der Waals surface area contributed by atoms with E-state index in [2.05, 4.69) is 0 Å². The van der Waals surface area contributed by atoms with E-state index < -0.39 is 14.9 Å². The van der Waals surface area contributed by atoms with Crippen LogP contribution in [0.5, 0.6) is 0 Å². The second-order valence-electron chi connectivity index (χ2n) is 5.50. The van der Waals surface area contributed by atoms with Crippen LogP contribution in [-0.4, -0.2) is 29.9 Å². The van der Waals surface area contributed by atoms with Crippen LogP contribution in [0.1, 0.15) is 16.5 Å². The molecule has 1 saturated heterocycles. The highest BCUT2D eigenvalue weighted by Gasteiger charge is 2.37. The normalized spacial score (nSPS) is 18.6. The van der Waals surface area contributed by atoms with Gasteiger partial charge in [-0.05, 0) is 18.6 Å². The van der Waals surface area contributed by atoms with Gasteiger partial charge < -0.3 is 0 Å². The summed E-state index contributed by atoms with van der Waals surface area (Å²) in [4.78, 5) is 10.3. The molecule has 0 aromatic heterocycles. The lowest BCUT2D eigenvalue weighted by atomic mass is 10.1. The molecule has 6 nitrogen and oxygen atoms in total. The monoisotopic (exact) mass is 364 g/mol. The molecule has 126 valence electrons. The number of sulfonamides is 1. The lowest BCUT2D eigenvalue weighted by Crippen LogP contribution is -2.30. The molecule has 3 rings (SSSR count). The van der Waals surface area contributed by atoms with Crippen molar-refractivity contribution in [2.75, 3.05) is 12.3 Å². The van der Waals surface area contributed by atoms with Crippen LogP contribution >= 0.6 is 11.8 Å². The Morgan fingerprint density at radius 2 is 1.92 bits per heavy atom. The first-order chi connectivity index (χ1) is 11.4. The average molecular weight is 364 g/mol. The molecule has 0 N–H and O–H groups in total. The molecular formula is C16H16N2O4S2. The highest BCUT2D eigenvalue weighted by molar-refractivity contribution is 8.01. The van der Waals surface area contributed by atoms with Crippen LogP contribution in [0.25, 0.3) is 0 Å². The Morgan fingerprint density at radius 3 is 2.58 bits per heavy atom. The smallest absolute Gasteiger partial charge is 0.258 e. The van der Waals surface area contributed by atoms with Gasteiger partial charge in [0.1, 0.15) is 0 Å². The zero-order valence-electron chi connectivity index (χ0n) is 13.0. The number of thioether (sulfide) groups is 1. The van der Waals surface area contributed by atoms with Crippen molar-refractivity contribution in [1.82, 2.24) is 4.31 Å². The van der Waals surface area contributed by atoms with Crippen LogP contribution in [0, 0.1) is 17.0 Å². The molecule has 2 aromatic carbocycles. The van der Waals surface area contributed by atoms with E-state index in [1.54, 1.807) is 11.8 Å². The van der Waals surface area contributed by atoms with Gasteiger partial charge in [0, 0.05) is 24.4 Å². The highest BCUT2D eigenvalue weighted by atomic mass is 32.2. The van der Waals surface area contributed by atoms with Gasteiger partial charge in [-0.15, -0.1) is 11.8 Å². The molecule has 0 amide bonds. The van der Waals surface area contributed by atoms with Crippen molar-refractivity contribution in [2.45, 2.75) is 17.2 Å². The zero-order valence-corrected chi connectivity index (χ0v) is 14.6. The summed E-state index contributed by atoms with van der Waals surface area (Å²) in [6.07, 6.45) is 0. The molecule has 2 aromatic rings. The minimum absolute atomic E-state index is 0.0451. The quantitative estimate of drug-likeness (QED) is 0.614. The Labute approximate surface area is 144 Å². The Bertz CT molecular complexity index is 866. The summed E-state index contributed by atoms with van der Waals surface area (Å²) in [6, 6.07) is 13.0. The van der Waals surface area contributed by atoms with E-state index >= 15 is 0 Å². The van der Waals surface area contributed by atoms with Crippen LogP contribution in [-0.2, 0) is 10.0 Å². The fourth-order valence-corrected chi connectivity index (χ4v) is 5.87. The van der Waals surface area contributed by atoms with Gasteiger partial charge >= 0.3 is 0 Å². The Balaban J connectivity index is 1.97. The summed E-state index contributed by atoms with van der Waals surface area (Å²) in [7, 11) is -3.79. The largest absolute Gasteiger partial charge is 0.270 e. The number of benzene rings is 2. The summed E-state index contributed by atoms with van der Waals surface area (Å²) in [5, 5.41) is 10.6. The van der Waals surface area contributed by atoms with Crippen molar-refractivity contribution >= 4 is 27.5 Å². The molecule has 0 spiro atoms. The van der Waals surface area contributed by atoms with Gasteiger partial charge in [0.2, 0.25) is 10.0 Å². The van der Waals surface area contributed by atoms with Gasteiger partial charge in [-0.25, -0.2) is 8.42 Å². The maximum absolute atomic E-state index is 12.9. The molecule has 24 heavy (non-hydrogen) atoms. The number of nitro groups is 1. The highest BCUT2D eigenvalue weighted by Crippen LogP contribution is 2.41. The third-order valence-electron chi connectivity index (χ3n) is 3.85. The fourth-order valence-electron chi connectivity index (χ4n) is 2.59. The van der Waals surface area contributed by atoms with E-state index in [0.29, 0.717) is 12.3 Å². The third kappa shape index (κ3) is 3.17. The van der Waals surface area contributed by atoms with Crippen molar-refractivity contribution in [3.63, 3.8) is 0 Å². The van der Waals surface area contributed by atoms with Gasteiger partial charge in [0.05, 0.1) is 15.2 Å². The first kappa shape index (κ1) is 16.9. The lowest BCUT2D eigenvalue weighted by Gasteiger charge is -2.23. The molecule has 8 heteroatoms.